The lowest BCUT2D eigenvalue weighted by Crippen LogP contribution is -2.38. The van der Waals surface area contributed by atoms with Crippen LogP contribution in [0, 0.1) is 11.3 Å². The smallest absolute Gasteiger partial charge is 0.258 e. The molecule has 0 spiro atoms. The fourth-order valence-corrected chi connectivity index (χ4v) is 2.02. The van der Waals surface area contributed by atoms with Crippen LogP contribution in [0.15, 0.2) is 36.4 Å². The zero-order valence-electron chi connectivity index (χ0n) is 10.6. The number of carbonyl (C=O) groups excluding carboxylic acids is 1. The summed E-state index contributed by atoms with van der Waals surface area (Å²) in [6, 6.07) is 9.13. The third kappa shape index (κ3) is 3.85. The van der Waals surface area contributed by atoms with Crippen LogP contribution in [0.1, 0.15) is 24.8 Å². The number of amides is 1. The Balaban J connectivity index is 1.83. The molecular weight excluding hydrogens is 240 g/mol. The number of hydrogen-bond acceptors (Lipinski definition) is 3. The first kappa shape index (κ1) is 13.2. The molecule has 0 saturated heterocycles. The number of hydrogen-bond donors (Lipinski definition) is 1. The number of benzene rings is 1. The van der Waals surface area contributed by atoms with E-state index in [1.165, 1.54) is 0 Å². The zero-order chi connectivity index (χ0) is 13.5. The van der Waals surface area contributed by atoms with Gasteiger partial charge in [-0.3, -0.25) is 4.79 Å². The third-order valence-electron chi connectivity index (χ3n) is 3.00. The number of rotatable bonds is 4. The van der Waals surface area contributed by atoms with Crippen molar-refractivity contribution in [2.45, 2.75) is 25.3 Å². The fourth-order valence-electron chi connectivity index (χ4n) is 2.02. The minimum Gasteiger partial charge on any atom is -0.482 e. The second-order valence-electron chi connectivity index (χ2n) is 4.45. The van der Waals surface area contributed by atoms with Gasteiger partial charge in [0.1, 0.15) is 11.8 Å². The summed E-state index contributed by atoms with van der Waals surface area (Å²) in [4.78, 5) is 11.7. The highest BCUT2D eigenvalue weighted by molar-refractivity contribution is 5.78. The van der Waals surface area contributed by atoms with Crippen LogP contribution in [0.4, 0.5) is 0 Å². The number of nitrogens with zero attached hydrogens (tertiary/aromatic N) is 1. The lowest BCUT2D eigenvalue weighted by molar-refractivity contribution is -0.123. The summed E-state index contributed by atoms with van der Waals surface area (Å²) in [7, 11) is 0. The summed E-state index contributed by atoms with van der Waals surface area (Å²) in [5, 5.41) is 11.8. The second-order valence-corrected chi connectivity index (χ2v) is 4.45. The van der Waals surface area contributed by atoms with E-state index < -0.39 is 0 Å². The normalized spacial score (nSPS) is 17.5. The fraction of sp³-hybridized carbons (Fsp3) is 0.333. The van der Waals surface area contributed by atoms with Gasteiger partial charge in [0.05, 0.1) is 5.56 Å². The lowest BCUT2D eigenvalue weighted by Gasteiger charge is -2.19. The van der Waals surface area contributed by atoms with E-state index >= 15 is 0 Å². The van der Waals surface area contributed by atoms with Crippen molar-refractivity contribution < 1.29 is 9.53 Å². The minimum atomic E-state index is -0.145. The topological polar surface area (TPSA) is 62.1 Å². The molecule has 1 aromatic carbocycles. The molecule has 4 heteroatoms. The van der Waals surface area contributed by atoms with Gasteiger partial charge in [0.25, 0.3) is 5.91 Å². The van der Waals surface area contributed by atoms with E-state index in [1.807, 2.05) is 6.07 Å². The Kier molecular flexibility index (Phi) is 4.57. The molecule has 98 valence electrons. The number of ether oxygens (including phenoxy) is 1. The van der Waals surface area contributed by atoms with E-state index in [4.69, 9.17) is 10.00 Å². The molecule has 0 aromatic heterocycles. The molecule has 0 radical (unpaired) electrons. The van der Waals surface area contributed by atoms with Gasteiger partial charge in [0.15, 0.2) is 6.61 Å². The minimum absolute atomic E-state index is 0.0566. The molecule has 0 bridgehead atoms. The maximum Gasteiger partial charge on any atom is 0.258 e. The molecule has 2 rings (SSSR count). The Morgan fingerprint density at radius 3 is 3.00 bits per heavy atom. The summed E-state index contributed by atoms with van der Waals surface area (Å²) in [5.74, 6) is 0.303. The van der Waals surface area contributed by atoms with Crippen molar-refractivity contribution in [1.29, 1.82) is 5.26 Å². The maximum atomic E-state index is 11.7. The van der Waals surface area contributed by atoms with Crippen LogP contribution < -0.4 is 10.1 Å². The Bertz CT molecular complexity index is 517. The number of allylic oxidation sites excluding steroid dienone is 1. The molecule has 1 amide bonds. The SMILES string of the molecule is N#Cc1ccccc1OCC(=O)NC1CC=CCC1. The predicted molar refractivity (Wildman–Crippen MR) is 71.6 cm³/mol. The van der Waals surface area contributed by atoms with E-state index in [0.29, 0.717) is 11.3 Å². The van der Waals surface area contributed by atoms with Crippen molar-refractivity contribution in [3.05, 3.63) is 42.0 Å². The first-order chi connectivity index (χ1) is 9.29. The third-order valence-corrected chi connectivity index (χ3v) is 3.00. The molecule has 4 nitrogen and oxygen atoms in total. The van der Waals surface area contributed by atoms with Gasteiger partial charge in [-0.15, -0.1) is 0 Å². The van der Waals surface area contributed by atoms with Crippen LogP contribution in [0.2, 0.25) is 0 Å². The van der Waals surface area contributed by atoms with Gasteiger partial charge < -0.3 is 10.1 Å². The molecule has 0 fully saturated rings. The van der Waals surface area contributed by atoms with Crippen molar-refractivity contribution in [1.82, 2.24) is 5.32 Å². The quantitative estimate of drug-likeness (QED) is 0.840. The van der Waals surface area contributed by atoms with Gasteiger partial charge in [-0.2, -0.15) is 5.26 Å². The summed E-state index contributed by atoms with van der Waals surface area (Å²) in [6.07, 6.45) is 7.06. The Morgan fingerprint density at radius 1 is 1.42 bits per heavy atom. The van der Waals surface area contributed by atoms with Crippen molar-refractivity contribution >= 4 is 5.91 Å². The standard InChI is InChI=1S/C15H16N2O2/c16-10-12-6-4-5-9-14(12)19-11-15(18)17-13-7-2-1-3-8-13/h1-2,4-6,9,13H,3,7-8,11H2,(H,17,18). The second kappa shape index (κ2) is 6.60. The summed E-state index contributed by atoms with van der Waals surface area (Å²) >= 11 is 0. The molecule has 1 unspecified atom stereocenters. The van der Waals surface area contributed by atoms with Crippen molar-refractivity contribution in [3.63, 3.8) is 0 Å². The highest BCUT2D eigenvalue weighted by Crippen LogP contribution is 2.16. The van der Waals surface area contributed by atoms with Crippen LogP contribution in [0.3, 0.4) is 0 Å². The zero-order valence-corrected chi connectivity index (χ0v) is 10.6. The molecule has 1 aliphatic carbocycles. The molecule has 1 N–H and O–H groups in total. The average Bonchev–Trinajstić information content (AvgIpc) is 2.46. The van der Waals surface area contributed by atoms with E-state index in [0.717, 1.165) is 19.3 Å². The first-order valence-corrected chi connectivity index (χ1v) is 6.36. The first-order valence-electron chi connectivity index (χ1n) is 6.36. The van der Waals surface area contributed by atoms with Crippen LogP contribution >= 0.6 is 0 Å². The molecule has 1 aromatic rings. The molecule has 0 saturated carbocycles. The Hall–Kier alpha value is -2.28. The highest BCUT2D eigenvalue weighted by Gasteiger charge is 2.13. The van der Waals surface area contributed by atoms with Gasteiger partial charge in [0.2, 0.25) is 0 Å². The van der Waals surface area contributed by atoms with Crippen LogP contribution in [-0.2, 0) is 4.79 Å². The lowest BCUT2D eigenvalue weighted by atomic mass is 10.0. The summed E-state index contributed by atoms with van der Waals surface area (Å²) < 4.78 is 5.38. The Labute approximate surface area is 112 Å². The van der Waals surface area contributed by atoms with Gasteiger partial charge in [-0.1, -0.05) is 24.3 Å². The van der Waals surface area contributed by atoms with Crippen LogP contribution in [-0.4, -0.2) is 18.6 Å². The van der Waals surface area contributed by atoms with Crippen LogP contribution in [0.25, 0.3) is 0 Å². The molecular formula is C15H16N2O2. The van der Waals surface area contributed by atoms with Gasteiger partial charge in [-0.25, -0.2) is 0 Å². The van der Waals surface area contributed by atoms with E-state index in [1.54, 1.807) is 24.3 Å². The van der Waals surface area contributed by atoms with Gasteiger partial charge in [-0.05, 0) is 31.4 Å². The molecule has 1 aliphatic rings. The number of nitrogens with one attached hydrogen (secondary N) is 1. The van der Waals surface area contributed by atoms with E-state index in [9.17, 15) is 4.79 Å². The van der Waals surface area contributed by atoms with Crippen molar-refractivity contribution in [2.75, 3.05) is 6.61 Å². The summed E-state index contributed by atoms with van der Waals surface area (Å²) in [6.45, 7) is -0.0566. The highest BCUT2D eigenvalue weighted by atomic mass is 16.5. The Morgan fingerprint density at radius 2 is 2.26 bits per heavy atom. The predicted octanol–water partition coefficient (Wildman–Crippen LogP) is 2.16. The maximum absolute atomic E-state index is 11.7. The number of para-hydroxylation sites is 1. The molecule has 0 heterocycles. The summed E-state index contributed by atoms with van der Waals surface area (Å²) in [5.41, 5.74) is 0.441. The van der Waals surface area contributed by atoms with Crippen LogP contribution in [0.5, 0.6) is 5.75 Å². The number of nitriles is 1. The van der Waals surface area contributed by atoms with Gasteiger partial charge in [0, 0.05) is 6.04 Å². The molecule has 1 atom stereocenters. The number of carbonyl (C=O) groups is 1. The van der Waals surface area contributed by atoms with E-state index in [2.05, 4.69) is 17.5 Å². The molecule has 19 heavy (non-hydrogen) atoms. The van der Waals surface area contributed by atoms with Gasteiger partial charge >= 0.3 is 0 Å². The van der Waals surface area contributed by atoms with Crippen molar-refractivity contribution in [3.8, 4) is 11.8 Å². The average molecular weight is 256 g/mol. The van der Waals surface area contributed by atoms with E-state index in [-0.39, 0.29) is 18.6 Å². The largest absolute Gasteiger partial charge is 0.482 e. The monoisotopic (exact) mass is 256 g/mol. The molecule has 0 aliphatic heterocycles. The van der Waals surface area contributed by atoms with Crippen molar-refractivity contribution in [2.24, 2.45) is 0 Å².